The number of nitrogens with zero attached hydrogens (tertiary/aromatic N) is 2. The second kappa shape index (κ2) is 7.49. The lowest BCUT2D eigenvalue weighted by molar-refractivity contribution is 0.0799. The number of benzene rings is 2. The number of carbonyl (C=O) groups excluding carboxylic acids is 1. The van der Waals surface area contributed by atoms with Gasteiger partial charge in [-0.3, -0.25) is 4.79 Å². The highest BCUT2D eigenvalue weighted by Crippen LogP contribution is 2.21. The fourth-order valence-electron chi connectivity index (χ4n) is 2.14. The summed E-state index contributed by atoms with van der Waals surface area (Å²) in [6.07, 6.45) is 0. The molecule has 120 valence electrons. The minimum Gasteiger partial charge on any atom is -0.388 e. The first kappa shape index (κ1) is 17.3. The van der Waals surface area contributed by atoms with Crippen molar-refractivity contribution in [2.75, 3.05) is 19.4 Å². The summed E-state index contributed by atoms with van der Waals surface area (Å²) in [5.74, 6) is -0.214. The standard InChI is InChI=1S/C17H17Cl2N3O/c1-11(15-10-14(19)8-9-16(15)20-2)21-22(3)17(23)12-4-6-13(18)7-5-12/h4-10,20H,1-3H3/b21-11+. The van der Waals surface area contributed by atoms with Crippen molar-refractivity contribution in [2.45, 2.75) is 6.92 Å². The fraction of sp³-hybridized carbons (Fsp3) is 0.176. The average Bonchev–Trinajstić information content (AvgIpc) is 2.54. The van der Waals surface area contributed by atoms with E-state index in [4.69, 9.17) is 23.2 Å². The molecule has 0 bridgehead atoms. The lowest BCUT2D eigenvalue weighted by Crippen LogP contribution is -2.23. The highest BCUT2D eigenvalue weighted by Gasteiger charge is 2.13. The van der Waals surface area contributed by atoms with Crippen molar-refractivity contribution in [3.63, 3.8) is 0 Å². The average molecular weight is 350 g/mol. The largest absolute Gasteiger partial charge is 0.388 e. The summed E-state index contributed by atoms with van der Waals surface area (Å²) in [6.45, 7) is 1.83. The highest BCUT2D eigenvalue weighted by molar-refractivity contribution is 6.31. The molecule has 23 heavy (non-hydrogen) atoms. The number of hydrogen-bond donors (Lipinski definition) is 1. The number of nitrogens with one attached hydrogen (secondary N) is 1. The molecule has 0 heterocycles. The molecule has 0 saturated carbocycles. The molecule has 0 atom stereocenters. The van der Waals surface area contributed by atoms with Gasteiger partial charge in [-0.05, 0) is 49.4 Å². The van der Waals surface area contributed by atoms with Gasteiger partial charge in [0, 0.05) is 41.0 Å². The number of hydrogen-bond acceptors (Lipinski definition) is 3. The summed E-state index contributed by atoms with van der Waals surface area (Å²) in [7, 11) is 3.44. The number of hydrazone groups is 1. The number of carbonyl (C=O) groups is 1. The summed E-state index contributed by atoms with van der Waals surface area (Å²) in [4.78, 5) is 12.4. The first-order chi connectivity index (χ1) is 10.9. The van der Waals surface area contributed by atoms with Crippen LogP contribution in [0.1, 0.15) is 22.8 Å². The second-order valence-corrected chi connectivity index (χ2v) is 5.83. The van der Waals surface area contributed by atoms with Gasteiger partial charge in [0.2, 0.25) is 0 Å². The maximum Gasteiger partial charge on any atom is 0.273 e. The number of rotatable bonds is 4. The van der Waals surface area contributed by atoms with Crippen molar-refractivity contribution >= 4 is 40.5 Å². The van der Waals surface area contributed by atoms with Gasteiger partial charge >= 0.3 is 0 Å². The van der Waals surface area contributed by atoms with E-state index in [0.717, 1.165) is 11.3 Å². The zero-order valence-electron chi connectivity index (χ0n) is 13.1. The van der Waals surface area contributed by atoms with Crippen LogP contribution in [-0.2, 0) is 0 Å². The molecule has 0 spiro atoms. The van der Waals surface area contributed by atoms with Gasteiger partial charge in [0.05, 0.1) is 5.71 Å². The number of halogens is 2. The Balaban J connectivity index is 2.28. The molecule has 0 aliphatic heterocycles. The maximum absolute atomic E-state index is 12.4. The fourth-order valence-corrected chi connectivity index (χ4v) is 2.44. The smallest absolute Gasteiger partial charge is 0.273 e. The van der Waals surface area contributed by atoms with Crippen LogP contribution >= 0.6 is 23.2 Å². The molecule has 0 unspecified atom stereocenters. The molecule has 2 rings (SSSR count). The van der Waals surface area contributed by atoms with Gasteiger partial charge in [-0.2, -0.15) is 5.10 Å². The second-order valence-electron chi connectivity index (χ2n) is 4.96. The Bertz CT molecular complexity index is 742. The van der Waals surface area contributed by atoms with E-state index in [1.807, 2.05) is 26.1 Å². The minimum atomic E-state index is -0.214. The van der Waals surface area contributed by atoms with Crippen molar-refractivity contribution < 1.29 is 4.79 Å². The molecule has 0 radical (unpaired) electrons. The Labute approximate surface area is 145 Å². The van der Waals surface area contributed by atoms with Crippen LogP contribution in [0, 0.1) is 0 Å². The van der Waals surface area contributed by atoms with Gasteiger partial charge in [-0.15, -0.1) is 0 Å². The Morgan fingerprint density at radius 1 is 1.09 bits per heavy atom. The molecule has 2 aromatic carbocycles. The predicted octanol–water partition coefficient (Wildman–Crippen LogP) is 4.53. The molecule has 0 aromatic heterocycles. The van der Waals surface area contributed by atoms with Crippen LogP contribution in [0.5, 0.6) is 0 Å². The van der Waals surface area contributed by atoms with E-state index >= 15 is 0 Å². The van der Waals surface area contributed by atoms with E-state index in [2.05, 4.69) is 10.4 Å². The van der Waals surface area contributed by atoms with E-state index in [9.17, 15) is 4.79 Å². The molecular weight excluding hydrogens is 333 g/mol. The molecule has 0 fully saturated rings. The number of amides is 1. The monoisotopic (exact) mass is 349 g/mol. The Morgan fingerprint density at radius 2 is 1.70 bits per heavy atom. The van der Waals surface area contributed by atoms with Gasteiger partial charge in [0.1, 0.15) is 0 Å². The quantitative estimate of drug-likeness (QED) is 0.650. The molecule has 1 N–H and O–H groups in total. The van der Waals surface area contributed by atoms with Gasteiger partial charge in [-0.1, -0.05) is 23.2 Å². The van der Waals surface area contributed by atoms with Gasteiger partial charge in [-0.25, -0.2) is 5.01 Å². The van der Waals surface area contributed by atoms with Gasteiger partial charge < -0.3 is 5.32 Å². The molecule has 0 aliphatic carbocycles. The SMILES string of the molecule is CNc1ccc(Cl)cc1/C(C)=N/N(C)C(=O)c1ccc(Cl)cc1. The lowest BCUT2D eigenvalue weighted by atomic mass is 10.1. The zero-order valence-corrected chi connectivity index (χ0v) is 14.6. The van der Waals surface area contributed by atoms with E-state index in [0.29, 0.717) is 21.3 Å². The van der Waals surface area contributed by atoms with E-state index < -0.39 is 0 Å². The molecule has 0 aliphatic rings. The van der Waals surface area contributed by atoms with Crippen molar-refractivity contribution in [3.8, 4) is 0 Å². The summed E-state index contributed by atoms with van der Waals surface area (Å²) in [6, 6.07) is 12.2. The topological polar surface area (TPSA) is 44.7 Å². The number of anilines is 1. The van der Waals surface area contributed by atoms with Crippen LogP contribution in [0.25, 0.3) is 0 Å². The van der Waals surface area contributed by atoms with E-state index in [1.165, 1.54) is 5.01 Å². The summed E-state index contributed by atoms with van der Waals surface area (Å²) in [5, 5.41) is 9.95. The van der Waals surface area contributed by atoms with Crippen LogP contribution in [0.15, 0.2) is 47.6 Å². The summed E-state index contributed by atoms with van der Waals surface area (Å²) >= 11 is 11.9. The molecule has 1 amide bonds. The molecule has 4 nitrogen and oxygen atoms in total. The normalized spacial score (nSPS) is 11.3. The minimum absolute atomic E-state index is 0.214. The zero-order chi connectivity index (χ0) is 17.0. The third-order valence-corrected chi connectivity index (χ3v) is 3.81. The van der Waals surface area contributed by atoms with Crippen molar-refractivity contribution in [1.29, 1.82) is 0 Å². The molecule has 0 saturated heterocycles. The first-order valence-electron chi connectivity index (χ1n) is 6.99. The van der Waals surface area contributed by atoms with Crippen LogP contribution in [0.3, 0.4) is 0 Å². The summed E-state index contributed by atoms with van der Waals surface area (Å²) < 4.78 is 0. The van der Waals surface area contributed by atoms with Crippen molar-refractivity contribution in [1.82, 2.24) is 5.01 Å². The maximum atomic E-state index is 12.4. The first-order valence-corrected chi connectivity index (χ1v) is 7.74. The van der Waals surface area contributed by atoms with Gasteiger partial charge in [0.25, 0.3) is 5.91 Å². The van der Waals surface area contributed by atoms with Crippen molar-refractivity contribution in [3.05, 3.63) is 63.6 Å². The summed E-state index contributed by atoms with van der Waals surface area (Å²) in [5.41, 5.74) is 2.94. The van der Waals surface area contributed by atoms with Crippen LogP contribution in [-0.4, -0.2) is 30.7 Å². The third kappa shape index (κ3) is 4.24. The molecular formula is C17H17Cl2N3O. The van der Waals surface area contributed by atoms with Crippen molar-refractivity contribution in [2.24, 2.45) is 5.10 Å². The Hall–Kier alpha value is -2.04. The highest BCUT2D eigenvalue weighted by atomic mass is 35.5. The predicted molar refractivity (Wildman–Crippen MR) is 96.8 cm³/mol. The molecule has 2 aromatic rings. The van der Waals surface area contributed by atoms with E-state index in [1.54, 1.807) is 37.4 Å². The van der Waals surface area contributed by atoms with Crippen LogP contribution < -0.4 is 5.32 Å². The van der Waals surface area contributed by atoms with Crippen LogP contribution in [0.2, 0.25) is 10.0 Å². The Morgan fingerprint density at radius 3 is 2.30 bits per heavy atom. The molecule has 6 heteroatoms. The Kier molecular flexibility index (Phi) is 5.64. The van der Waals surface area contributed by atoms with Gasteiger partial charge in [0.15, 0.2) is 0 Å². The van der Waals surface area contributed by atoms with Crippen LogP contribution in [0.4, 0.5) is 5.69 Å². The lowest BCUT2D eigenvalue weighted by Gasteiger charge is -2.15. The third-order valence-electron chi connectivity index (χ3n) is 3.33. The van der Waals surface area contributed by atoms with E-state index in [-0.39, 0.29) is 5.91 Å².